The first-order valence-electron chi connectivity index (χ1n) is 6.68. The lowest BCUT2D eigenvalue weighted by atomic mass is 9.96. The summed E-state index contributed by atoms with van der Waals surface area (Å²) in [7, 11) is 2.20. The molecule has 1 atom stereocenters. The van der Waals surface area contributed by atoms with Crippen molar-refractivity contribution < 1.29 is 0 Å². The van der Waals surface area contributed by atoms with Crippen molar-refractivity contribution in [2.75, 3.05) is 26.7 Å². The van der Waals surface area contributed by atoms with E-state index in [4.69, 9.17) is 0 Å². The maximum absolute atomic E-state index is 3.65. The Morgan fingerprint density at radius 1 is 1.29 bits per heavy atom. The van der Waals surface area contributed by atoms with Crippen molar-refractivity contribution in [3.63, 3.8) is 0 Å². The Kier molecular flexibility index (Phi) is 4.19. The SMILES string of the molecule is CC(C)c1cccc(C2CCN(C)CCN2)c1. The Morgan fingerprint density at radius 2 is 2.12 bits per heavy atom. The molecule has 0 saturated carbocycles. The second-order valence-electron chi connectivity index (χ2n) is 5.42. The Bertz CT molecular complexity index is 360. The molecular weight excluding hydrogens is 208 g/mol. The molecule has 1 saturated heterocycles. The van der Waals surface area contributed by atoms with E-state index < -0.39 is 0 Å². The minimum absolute atomic E-state index is 0.527. The number of hydrogen-bond donors (Lipinski definition) is 1. The molecule has 0 bridgehead atoms. The predicted octanol–water partition coefficient (Wildman–Crippen LogP) is 2.78. The summed E-state index contributed by atoms with van der Waals surface area (Å²) >= 11 is 0. The zero-order chi connectivity index (χ0) is 12.3. The van der Waals surface area contributed by atoms with Crippen molar-refractivity contribution in [1.29, 1.82) is 0 Å². The average Bonchev–Trinajstić information content (AvgIpc) is 2.54. The van der Waals surface area contributed by atoms with E-state index >= 15 is 0 Å². The highest BCUT2D eigenvalue weighted by Crippen LogP contribution is 2.23. The summed E-state index contributed by atoms with van der Waals surface area (Å²) in [5.74, 6) is 0.614. The third-order valence-corrected chi connectivity index (χ3v) is 3.66. The molecule has 94 valence electrons. The van der Waals surface area contributed by atoms with Gasteiger partial charge in [0, 0.05) is 19.1 Å². The molecule has 1 aliphatic heterocycles. The van der Waals surface area contributed by atoms with Crippen LogP contribution in [0.1, 0.15) is 43.4 Å². The normalized spacial score (nSPS) is 22.7. The van der Waals surface area contributed by atoms with Gasteiger partial charge in [-0.15, -0.1) is 0 Å². The maximum Gasteiger partial charge on any atom is 0.0333 e. The highest BCUT2D eigenvalue weighted by atomic mass is 15.1. The molecule has 1 aromatic rings. The summed E-state index contributed by atoms with van der Waals surface area (Å²) in [6.07, 6.45) is 1.21. The number of nitrogens with one attached hydrogen (secondary N) is 1. The largest absolute Gasteiger partial charge is 0.309 e. The summed E-state index contributed by atoms with van der Waals surface area (Å²) in [5.41, 5.74) is 2.90. The molecule has 0 radical (unpaired) electrons. The number of rotatable bonds is 2. The fourth-order valence-corrected chi connectivity index (χ4v) is 2.41. The molecule has 1 fully saturated rings. The van der Waals surface area contributed by atoms with Crippen LogP contribution in [0.3, 0.4) is 0 Å². The molecular formula is C15H24N2. The minimum Gasteiger partial charge on any atom is -0.309 e. The fraction of sp³-hybridized carbons (Fsp3) is 0.600. The molecule has 2 rings (SSSR count). The van der Waals surface area contributed by atoms with Crippen LogP contribution in [0.5, 0.6) is 0 Å². The van der Waals surface area contributed by atoms with E-state index in [1.165, 1.54) is 24.1 Å². The van der Waals surface area contributed by atoms with Crippen LogP contribution in [0.4, 0.5) is 0 Å². The fourth-order valence-electron chi connectivity index (χ4n) is 2.41. The standard InChI is InChI=1S/C15H24N2/c1-12(2)13-5-4-6-14(11-13)15-7-9-17(3)10-8-16-15/h4-6,11-12,15-16H,7-10H2,1-3H3. The van der Waals surface area contributed by atoms with Crippen molar-refractivity contribution in [1.82, 2.24) is 10.2 Å². The Hall–Kier alpha value is -0.860. The van der Waals surface area contributed by atoms with Crippen LogP contribution in [0.25, 0.3) is 0 Å². The topological polar surface area (TPSA) is 15.3 Å². The van der Waals surface area contributed by atoms with Gasteiger partial charge in [-0.25, -0.2) is 0 Å². The van der Waals surface area contributed by atoms with Crippen LogP contribution in [0.2, 0.25) is 0 Å². The summed E-state index contributed by atoms with van der Waals surface area (Å²) in [6.45, 7) is 7.94. The predicted molar refractivity (Wildman–Crippen MR) is 73.4 cm³/mol. The Balaban J connectivity index is 2.13. The molecule has 1 aromatic carbocycles. The zero-order valence-corrected chi connectivity index (χ0v) is 11.2. The van der Waals surface area contributed by atoms with Crippen LogP contribution in [0, 0.1) is 0 Å². The van der Waals surface area contributed by atoms with Crippen LogP contribution < -0.4 is 5.32 Å². The Morgan fingerprint density at radius 3 is 2.88 bits per heavy atom. The molecule has 0 amide bonds. The quantitative estimate of drug-likeness (QED) is 0.843. The number of likely N-dealkylation sites (N-methyl/N-ethyl adjacent to an activating group) is 1. The summed E-state index contributed by atoms with van der Waals surface area (Å²) in [5, 5.41) is 3.65. The highest BCUT2D eigenvalue weighted by Gasteiger charge is 2.16. The maximum atomic E-state index is 3.65. The van der Waals surface area contributed by atoms with Gasteiger partial charge in [-0.2, -0.15) is 0 Å². The van der Waals surface area contributed by atoms with E-state index in [1.807, 2.05) is 0 Å². The number of hydrogen-bond acceptors (Lipinski definition) is 2. The van der Waals surface area contributed by atoms with Gasteiger partial charge in [0.05, 0.1) is 0 Å². The number of benzene rings is 1. The molecule has 17 heavy (non-hydrogen) atoms. The van der Waals surface area contributed by atoms with Crippen LogP contribution in [-0.4, -0.2) is 31.6 Å². The van der Waals surface area contributed by atoms with Crippen LogP contribution >= 0.6 is 0 Å². The van der Waals surface area contributed by atoms with E-state index in [0.29, 0.717) is 12.0 Å². The summed E-state index contributed by atoms with van der Waals surface area (Å²) < 4.78 is 0. The van der Waals surface area contributed by atoms with Gasteiger partial charge in [-0.3, -0.25) is 0 Å². The molecule has 1 unspecified atom stereocenters. The van der Waals surface area contributed by atoms with Crippen molar-refractivity contribution in [3.05, 3.63) is 35.4 Å². The van der Waals surface area contributed by atoms with Crippen molar-refractivity contribution in [2.45, 2.75) is 32.2 Å². The van der Waals surface area contributed by atoms with Crippen LogP contribution in [-0.2, 0) is 0 Å². The minimum atomic E-state index is 0.527. The van der Waals surface area contributed by atoms with Gasteiger partial charge >= 0.3 is 0 Å². The summed E-state index contributed by atoms with van der Waals surface area (Å²) in [4.78, 5) is 2.40. The average molecular weight is 232 g/mol. The molecule has 0 spiro atoms. The highest BCUT2D eigenvalue weighted by molar-refractivity contribution is 5.28. The van der Waals surface area contributed by atoms with Gasteiger partial charge in [-0.1, -0.05) is 38.1 Å². The first-order chi connectivity index (χ1) is 8.16. The van der Waals surface area contributed by atoms with Gasteiger partial charge in [0.2, 0.25) is 0 Å². The molecule has 1 aliphatic rings. The lowest BCUT2D eigenvalue weighted by Gasteiger charge is -2.18. The third-order valence-electron chi connectivity index (χ3n) is 3.66. The van der Waals surface area contributed by atoms with Gasteiger partial charge in [0.1, 0.15) is 0 Å². The van der Waals surface area contributed by atoms with E-state index in [1.54, 1.807) is 0 Å². The summed E-state index contributed by atoms with van der Waals surface area (Å²) in [6, 6.07) is 9.58. The third kappa shape index (κ3) is 3.30. The molecule has 2 heteroatoms. The first kappa shape index (κ1) is 12.6. The molecule has 0 aromatic heterocycles. The zero-order valence-electron chi connectivity index (χ0n) is 11.2. The second-order valence-corrected chi connectivity index (χ2v) is 5.42. The van der Waals surface area contributed by atoms with E-state index in [-0.39, 0.29) is 0 Å². The van der Waals surface area contributed by atoms with Gasteiger partial charge < -0.3 is 10.2 Å². The van der Waals surface area contributed by atoms with Crippen molar-refractivity contribution >= 4 is 0 Å². The second kappa shape index (κ2) is 5.65. The van der Waals surface area contributed by atoms with Crippen molar-refractivity contribution in [3.8, 4) is 0 Å². The van der Waals surface area contributed by atoms with Gasteiger partial charge in [-0.05, 0) is 37.1 Å². The molecule has 1 N–H and O–H groups in total. The molecule has 2 nitrogen and oxygen atoms in total. The van der Waals surface area contributed by atoms with E-state index in [9.17, 15) is 0 Å². The monoisotopic (exact) mass is 232 g/mol. The Labute approximate surface area is 105 Å². The lowest BCUT2D eigenvalue weighted by Crippen LogP contribution is -2.25. The molecule has 0 aliphatic carbocycles. The van der Waals surface area contributed by atoms with E-state index in [2.05, 4.69) is 55.4 Å². The lowest BCUT2D eigenvalue weighted by molar-refractivity contribution is 0.355. The first-order valence-corrected chi connectivity index (χ1v) is 6.68. The van der Waals surface area contributed by atoms with Crippen molar-refractivity contribution in [2.24, 2.45) is 0 Å². The van der Waals surface area contributed by atoms with E-state index in [0.717, 1.165) is 13.1 Å². The van der Waals surface area contributed by atoms with Gasteiger partial charge in [0.15, 0.2) is 0 Å². The van der Waals surface area contributed by atoms with Gasteiger partial charge in [0.25, 0.3) is 0 Å². The number of nitrogens with zero attached hydrogens (tertiary/aromatic N) is 1. The smallest absolute Gasteiger partial charge is 0.0333 e. The molecule has 1 heterocycles. The van der Waals surface area contributed by atoms with Crippen LogP contribution in [0.15, 0.2) is 24.3 Å².